The average Bonchev–Trinajstić information content (AvgIpc) is 2.56. The lowest BCUT2D eigenvalue weighted by atomic mass is 9.99. The Labute approximate surface area is 142 Å². The molecule has 5 N–H and O–H groups in total. The van der Waals surface area contributed by atoms with Crippen molar-refractivity contribution in [1.82, 2.24) is 5.09 Å². The zero-order valence-corrected chi connectivity index (χ0v) is 15.1. The highest BCUT2D eigenvalue weighted by molar-refractivity contribution is 7.51. The molecule has 1 fully saturated rings. The molecule has 0 amide bonds. The third kappa shape index (κ3) is 6.33. The molecule has 5 atom stereocenters. The molecule has 0 saturated carbocycles. The molecule has 0 unspecified atom stereocenters. The molecule has 0 radical (unpaired) electrons. The van der Waals surface area contributed by atoms with Gasteiger partial charge in [-0.3, -0.25) is 9.05 Å². The van der Waals surface area contributed by atoms with Gasteiger partial charge in [0, 0.05) is 0 Å². The van der Waals surface area contributed by atoms with Crippen molar-refractivity contribution in [2.75, 3.05) is 19.8 Å². The molecule has 24 heavy (non-hydrogen) atoms. The van der Waals surface area contributed by atoms with E-state index in [1.807, 2.05) is 13.8 Å². The highest BCUT2D eigenvalue weighted by Gasteiger charge is 2.46. The minimum Gasteiger partial charge on any atom is -0.394 e. The van der Waals surface area contributed by atoms with Gasteiger partial charge in [-0.15, -0.1) is 0 Å². The molecule has 144 valence electrons. The van der Waals surface area contributed by atoms with Gasteiger partial charge in [0.15, 0.2) is 0 Å². The maximum atomic E-state index is 12.8. The SMILES string of the molecule is CCCCOP(=O)(N[C@@H]1O[C@H](CO)[C@@H](O)[C@H](O)[C@H]1O)OCCCC. The van der Waals surface area contributed by atoms with Crippen LogP contribution >= 0.6 is 7.75 Å². The van der Waals surface area contributed by atoms with Crippen LogP contribution in [0.2, 0.25) is 0 Å². The van der Waals surface area contributed by atoms with Crippen molar-refractivity contribution in [3.05, 3.63) is 0 Å². The average molecular weight is 371 g/mol. The van der Waals surface area contributed by atoms with E-state index >= 15 is 0 Å². The lowest BCUT2D eigenvalue weighted by molar-refractivity contribution is -0.232. The first-order valence-electron chi connectivity index (χ1n) is 8.36. The molecular formula is C14H30NO8P. The molecule has 0 aromatic rings. The van der Waals surface area contributed by atoms with Crippen LogP contribution in [0.15, 0.2) is 0 Å². The second kappa shape index (κ2) is 10.8. The van der Waals surface area contributed by atoms with Crippen LogP contribution in [0.25, 0.3) is 0 Å². The lowest BCUT2D eigenvalue weighted by Crippen LogP contribution is -2.61. The molecule has 1 rings (SSSR count). The fourth-order valence-corrected chi connectivity index (χ4v) is 3.62. The second-order valence-corrected chi connectivity index (χ2v) is 7.52. The van der Waals surface area contributed by atoms with Gasteiger partial charge >= 0.3 is 7.75 Å². The van der Waals surface area contributed by atoms with Gasteiger partial charge in [-0.1, -0.05) is 26.7 Å². The van der Waals surface area contributed by atoms with Crippen LogP contribution in [-0.2, 0) is 18.3 Å². The number of hydrogen-bond donors (Lipinski definition) is 5. The van der Waals surface area contributed by atoms with E-state index in [9.17, 15) is 25.0 Å². The molecule has 0 aliphatic carbocycles. The van der Waals surface area contributed by atoms with E-state index in [2.05, 4.69) is 5.09 Å². The highest BCUT2D eigenvalue weighted by atomic mass is 31.2. The molecule has 1 saturated heterocycles. The molecule has 1 heterocycles. The van der Waals surface area contributed by atoms with Crippen molar-refractivity contribution >= 4 is 7.75 Å². The van der Waals surface area contributed by atoms with Crippen molar-refractivity contribution in [2.24, 2.45) is 0 Å². The Morgan fingerprint density at radius 3 is 2.00 bits per heavy atom. The zero-order chi connectivity index (χ0) is 18.2. The number of aliphatic hydroxyl groups is 4. The summed E-state index contributed by atoms with van der Waals surface area (Å²) in [4.78, 5) is 0. The molecule has 9 nitrogen and oxygen atoms in total. The first kappa shape index (κ1) is 22.0. The summed E-state index contributed by atoms with van der Waals surface area (Å²) in [5, 5.41) is 41.2. The van der Waals surface area contributed by atoms with Crippen molar-refractivity contribution in [3.63, 3.8) is 0 Å². The monoisotopic (exact) mass is 371 g/mol. The van der Waals surface area contributed by atoms with Crippen LogP contribution in [0.4, 0.5) is 0 Å². The van der Waals surface area contributed by atoms with E-state index in [0.29, 0.717) is 12.8 Å². The van der Waals surface area contributed by atoms with E-state index in [4.69, 9.17) is 13.8 Å². The van der Waals surface area contributed by atoms with Crippen LogP contribution in [0.3, 0.4) is 0 Å². The van der Waals surface area contributed by atoms with Gasteiger partial charge in [-0.05, 0) is 12.8 Å². The number of aliphatic hydroxyl groups excluding tert-OH is 4. The molecule has 0 aromatic carbocycles. The van der Waals surface area contributed by atoms with E-state index in [1.54, 1.807) is 0 Å². The van der Waals surface area contributed by atoms with Gasteiger partial charge in [0.2, 0.25) is 0 Å². The molecule has 1 aliphatic rings. The Bertz CT molecular complexity index is 383. The Balaban J connectivity index is 2.76. The lowest BCUT2D eigenvalue weighted by Gasteiger charge is -2.40. The second-order valence-electron chi connectivity index (χ2n) is 5.75. The summed E-state index contributed by atoms with van der Waals surface area (Å²) in [6.07, 6.45) is -3.97. The standard InChI is InChI=1S/C14H30NO8P/c1-3-5-7-21-24(20,22-8-6-4-2)15-14-13(19)12(18)11(17)10(9-16)23-14/h10-14,16-19H,3-9H2,1-2H3,(H,15,20)/t10-,11-,12+,13-,14-/m1/s1. The Hall–Kier alpha value is -0.0900. The summed E-state index contributed by atoms with van der Waals surface area (Å²) in [5.74, 6) is 0. The summed E-state index contributed by atoms with van der Waals surface area (Å²) in [6, 6.07) is 0. The smallest absolute Gasteiger partial charge is 0.394 e. The molecule has 10 heteroatoms. The summed E-state index contributed by atoms with van der Waals surface area (Å²) < 4.78 is 28.7. The Kier molecular flexibility index (Phi) is 9.88. The van der Waals surface area contributed by atoms with Crippen molar-refractivity contribution in [2.45, 2.75) is 70.2 Å². The van der Waals surface area contributed by atoms with Gasteiger partial charge < -0.3 is 25.2 Å². The highest BCUT2D eigenvalue weighted by Crippen LogP contribution is 2.45. The molecule has 0 bridgehead atoms. The summed E-state index contributed by atoms with van der Waals surface area (Å²) in [5.41, 5.74) is 0. The minimum atomic E-state index is -3.78. The predicted molar refractivity (Wildman–Crippen MR) is 86.2 cm³/mol. The predicted octanol–water partition coefficient (Wildman–Crippen LogP) is 0.117. The van der Waals surface area contributed by atoms with Gasteiger partial charge in [-0.2, -0.15) is 5.09 Å². The van der Waals surface area contributed by atoms with Gasteiger partial charge in [-0.25, -0.2) is 4.57 Å². The quantitative estimate of drug-likeness (QED) is 0.253. The number of ether oxygens (including phenoxy) is 1. The van der Waals surface area contributed by atoms with Crippen LogP contribution in [0, 0.1) is 0 Å². The van der Waals surface area contributed by atoms with E-state index in [0.717, 1.165) is 12.8 Å². The van der Waals surface area contributed by atoms with Gasteiger partial charge in [0.25, 0.3) is 0 Å². The normalized spacial score (nSPS) is 31.3. The Morgan fingerprint density at radius 1 is 1.00 bits per heavy atom. The van der Waals surface area contributed by atoms with Gasteiger partial charge in [0.05, 0.1) is 19.8 Å². The van der Waals surface area contributed by atoms with Crippen LogP contribution < -0.4 is 5.09 Å². The third-order valence-electron chi connectivity index (χ3n) is 3.70. The van der Waals surface area contributed by atoms with E-state index < -0.39 is 45.0 Å². The topological polar surface area (TPSA) is 138 Å². The maximum absolute atomic E-state index is 12.8. The van der Waals surface area contributed by atoms with Crippen molar-refractivity contribution in [3.8, 4) is 0 Å². The Morgan fingerprint density at radius 2 is 1.54 bits per heavy atom. The molecule has 1 aliphatic heterocycles. The van der Waals surface area contributed by atoms with Crippen LogP contribution in [-0.4, -0.2) is 70.9 Å². The molecule has 0 aromatic heterocycles. The van der Waals surface area contributed by atoms with Crippen LogP contribution in [0.1, 0.15) is 39.5 Å². The number of hydrogen-bond acceptors (Lipinski definition) is 8. The number of rotatable bonds is 11. The fourth-order valence-electron chi connectivity index (χ4n) is 2.13. The first-order valence-corrected chi connectivity index (χ1v) is 9.90. The largest absolute Gasteiger partial charge is 0.407 e. The maximum Gasteiger partial charge on any atom is 0.407 e. The fraction of sp³-hybridized carbons (Fsp3) is 1.00. The van der Waals surface area contributed by atoms with E-state index in [1.165, 1.54) is 0 Å². The first-order chi connectivity index (χ1) is 11.4. The zero-order valence-electron chi connectivity index (χ0n) is 14.2. The summed E-state index contributed by atoms with van der Waals surface area (Å²) in [7, 11) is -3.78. The van der Waals surface area contributed by atoms with Crippen molar-refractivity contribution in [1.29, 1.82) is 0 Å². The minimum absolute atomic E-state index is 0.199. The van der Waals surface area contributed by atoms with E-state index in [-0.39, 0.29) is 13.2 Å². The van der Waals surface area contributed by atoms with Gasteiger partial charge in [0.1, 0.15) is 30.6 Å². The van der Waals surface area contributed by atoms with Crippen LogP contribution in [0.5, 0.6) is 0 Å². The van der Waals surface area contributed by atoms with Crippen molar-refractivity contribution < 1.29 is 38.8 Å². The number of unbranched alkanes of at least 4 members (excludes halogenated alkanes) is 2. The molecule has 0 spiro atoms. The third-order valence-corrected chi connectivity index (χ3v) is 5.31. The summed E-state index contributed by atoms with van der Waals surface area (Å²) >= 11 is 0. The molecular weight excluding hydrogens is 341 g/mol. The summed E-state index contributed by atoms with van der Waals surface area (Å²) in [6.45, 7) is 3.74. The number of nitrogens with one attached hydrogen (secondary N) is 1.